The van der Waals surface area contributed by atoms with Crippen LogP contribution in [0.25, 0.3) is 0 Å². The first-order chi connectivity index (χ1) is 8.43. The number of nitrogens with one attached hydrogen (secondary N) is 1. The quantitative estimate of drug-likeness (QED) is 0.687. The summed E-state index contributed by atoms with van der Waals surface area (Å²) in [6.45, 7) is -0.128. The van der Waals surface area contributed by atoms with E-state index in [2.05, 4.69) is 5.32 Å². The Morgan fingerprint density at radius 2 is 2.17 bits per heavy atom. The molecule has 0 aliphatic carbocycles. The van der Waals surface area contributed by atoms with Crippen LogP contribution in [0.15, 0.2) is 18.2 Å². The fourth-order valence-corrected chi connectivity index (χ4v) is 1.57. The Hall–Kier alpha value is -1.79. The van der Waals surface area contributed by atoms with Crippen LogP contribution in [-0.4, -0.2) is 36.7 Å². The van der Waals surface area contributed by atoms with Crippen molar-refractivity contribution in [3.05, 3.63) is 28.8 Å². The van der Waals surface area contributed by atoms with Gasteiger partial charge in [-0.1, -0.05) is 11.6 Å². The number of hydrogen-bond donors (Lipinski definition) is 3. The Labute approximate surface area is 109 Å². The number of rotatable bonds is 5. The molecule has 0 aliphatic rings. The van der Waals surface area contributed by atoms with Gasteiger partial charge in [0.2, 0.25) is 0 Å². The number of ether oxygens (including phenoxy) is 1. The number of amides is 1. The molecule has 4 N–H and O–H groups in total. The third-order valence-corrected chi connectivity index (χ3v) is 2.34. The van der Waals surface area contributed by atoms with Crippen LogP contribution in [0.4, 0.5) is 5.69 Å². The Bertz CT molecular complexity index is 444. The van der Waals surface area contributed by atoms with Gasteiger partial charge in [0.25, 0.3) is 5.91 Å². The minimum Gasteiger partial charge on any atom is -0.480 e. The van der Waals surface area contributed by atoms with Crippen LogP contribution in [0.2, 0.25) is 5.02 Å². The van der Waals surface area contributed by atoms with Gasteiger partial charge in [0.1, 0.15) is 0 Å². The number of methoxy groups -OCH3 is 1. The third kappa shape index (κ3) is 3.90. The molecule has 0 saturated carbocycles. The number of nitrogens with two attached hydrogens (primary N) is 1. The van der Waals surface area contributed by atoms with E-state index in [-0.39, 0.29) is 12.2 Å². The van der Waals surface area contributed by atoms with Gasteiger partial charge in [0, 0.05) is 23.4 Å². The molecule has 1 aromatic carbocycles. The van der Waals surface area contributed by atoms with Gasteiger partial charge in [-0.05, 0) is 18.2 Å². The van der Waals surface area contributed by atoms with Gasteiger partial charge < -0.3 is 20.9 Å². The van der Waals surface area contributed by atoms with Crippen molar-refractivity contribution in [3.63, 3.8) is 0 Å². The molecule has 18 heavy (non-hydrogen) atoms. The topological polar surface area (TPSA) is 102 Å². The molecule has 0 bridgehead atoms. The van der Waals surface area contributed by atoms with E-state index in [1.54, 1.807) is 0 Å². The summed E-state index contributed by atoms with van der Waals surface area (Å²) in [7, 11) is 1.35. The van der Waals surface area contributed by atoms with Gasteiger partial charge in [-0.2, -0.15) is 0 Å². The van der Waals surface area contributed by atoms with Crippen molar-refractivity contribution in [1.29, 1.82) is 0 Å². The Morgan fingerprint density at radius 1 is 1.50 bits per heavy atom. The molecule has 1 aromatic rings. The molecule has 0 aromatic heterocycles. The van der Waals surface area contributed by atoms with E-state index in [4.69, 9.17) is 27.2 Å². The van der Waals surface area contributed by atoms with Crippen molar-refractivity contribution in [1.82, 2.24) is 5.32 Å². The second-order valence-electron chi connectivity index (χ2n) is 3.59. The van der Waals surface area contributed by atoms with Crippen molar-refractivity contribution < 1.29 is 19.4 Å². The predicted molar refractivity (Wildman–Crippen MR) is 66.6 cm³/mol. The number of aliphatic carboxylic acids is 1. The highest BCUT2D eigenvalue weighted by Crippen LogP contribution is 2.16. The zero-order valence-corrected chi connectivity index (χ0v) is 10.4. The molecule has 0 spiro atoms. The molecule has 1 atom stereocenters. The third-order valence-electron chi connectivity index (χ3n) is 2.12. The highest BCUT2D eigenvalue weighted by atomic mass is 35.5. The zero-order chi connectivity index (χ0) is 13.7. The van der Waals surface area contributed by atoms with Gasteiger partial charge in [-0.15, -0.1) is 0 Å². The number of halogens is 1. The normalized spacial score (nSPS) is 11.9. The van der Waals surface area contributed by atoms with Gasteiger partial charge in [-0.25, -0.2) is 4.79 Å². The van der Waals surface area contributed by atoms with Gasteiger partial charge in [0.05, 0.1) is 6.61 Å². The second kappa shape index (κ2) is 6.23. The van der Waals surface area contributed by atoms with Crippen LogP contribution in [-0.2, 0) is 9.53 Å². The maximum atomic E-state index is 11.8. The van der Waals surface area contributed by atoms with E-state index >= 15 is 0 Å². The largest absolute Gasteiger partial charge is 0.480 e. The summed E-state index contributed by atoms with van der Waals surface area (Å²) in [6, 6.07) is 3.18. The number of hydrogen-bond acceptors (Lipinski definition) is 4. The minimum atomic E-state index is -1.18. The standard InChI is InChI=1S/C11H13ClN2O4/c1-18-5-9(11(16)17)14-10(15)6-2-7(12)4-8(13)3-6/h2-4,9H,5,13H2,1H3,(H,14,15)(H,16,17). The minimum absolute atomic E-state index is 0.128. The van der Waals surface area contributed by atoms with Gasteiger partial charge >= 0.3 is 5.97 Å². The summed E-state index contributed by atoms with van der Waals surface area (Å²) < 4.78 is 4.70. The van der Waals surface area contributed by atoms with E-state index < -0.39 is 17.9 Å². The first-order valence-corrected chi connectivity index (χ1v) is 5.40. The molecular weight excluding hydrogens is 260 g/mol. The smallest absolute Gasteiger partial charge is 0.328 e. The van der Waals surface area contributed by atoms with Crippen molar-refractivity contribution in [3.8, 4) is 0 Å². The summed E-state index contributed by atoms with van der Waals surface area (Å²) in [5, 5.41) is 11.5. The van der Waals surface area contributed by atoms with Crippen LogP contribution in [0.1, 0.15) is 10.4 Å². The van der Waals surface area contributed by atoms with Gasteiger partial charge in [0.15, 0.2) is 6.04 Å². The first kappa shape index (κ1) is 14.3. The first-order valence-electron chi connectivity index (χ1n) is 5.02. The van der Waals surface area contributed by atoms with Crippen molar-refractivity contribution in [2.75, 3.05) is 19.5 Å². The maximum absolute atomic E-state index is 11.8. The highest BCUT2D eigenvalue weighted by molar-refractivity contribution is 6.31. The average molecular weight is 273 g/mol. The predicted octanol–water partition coefficient (Wildman–Crippen LogP) is 0.752. The molecule has 98 valence electrons. The van der Waals surface area contributed by atoms with Crippen molar-refractivity contribution in [2.45, 2.75) is 6.04 Å². The summed E-state index contributed by atoms with van der Waals surface area (Å²) in [5.41, 5.74) is 6.06. The molecule has 1 rings (SSSR count). The molecule has 0 heterocycles. The van der Waals surface area contributed by atoms with Crippen molar-refractivity contribution in [2.24, 2.45) is 0 Å². The molecule has 1 unspecified atom stereocenters. The van der Waals surface area contributed by atoms with Crippen molar-refractivity contribution >= 4 is 29.2 Å². The molecule has 0 aliphatic heterocycles. The second-order valence-corrected chi connectivity index (χ2v) is 4.03. The zero-order valence-electron chi connectivity index (χ0n) is 9.64. The number of carbonyl (C=O) groups is 2. The number of benzene rings is 1. The van der Waals surface area contributed by atoms with E-state index in [0.29, 0.717) is 10.7 Å². The lowest BCUT2D eigenvalue weighted by atomic mass is 10.1. The highest BCUT2D eigenvalue weighted by Gasteiger charge is 2.20. The number of carboxylic acid groups (broad SMARTS) is 1. The van der Waals surface area contributed by atoms with Crippen LogP contribution >= 0.6 is 11.6 Å². The fraction of sp³-hybridized carbons (Fsp3) is 0.273. The summed E-state index contributed by atoms with van der Waals surface area (Å²) in [5.74, 6) is -1.76. The van der Waals surface area contributed by atoms with Gasteiger partial charge in [-0.3, -0.25) is 4.79 Å². The number of carboxylic acids is 1. The molecule has 0 radical (unpaired) electrons. The SMILES string of the molecule is COCC(NC(=O)c1cc(N)cc(Cl)c1)C(=O)O. The lowest BCUT2D eigenvalue weighted by Gasteiger charge is -2.13. The van der Waals surface area contributed by atoms with E-state index in [0.717, 1.165) is 0 Å². The Morgan fingerprint density at radius 3 is 2.67 bits per heavy atom. The lowest BCUT2D eigenvalue weighted by Crippen LogP contribution is -2.43. The van der Waals surface area contributed by atoms with E-state index in [1.165, 1.54) is 25.3 Å². The van der Waals surface area contributed by atoms with E-state index in [9.17, 15) is 9.59 Å². The Kier molecular flexibility index (Phi) is 4.94. The fourth-order valence-electron chi connectivity index (χ4n) is 1.33. The summed E-state index contributed by atoms with van der Waals surface area (Å²) >= 11 is 5.75. The van der Waals surface area contributed by atoms with Crippen LogP contribution in [0.3, 0.4) is 0 Å². The molecule has 1 amide bonds. The molecular formula is C11H13ClN2O4. The molecule has 6 nitrogen and oxygen atoms in total. The monoisotopic (exact) mass is 272 g/mol. The Balaban J connectivity index is 2.83. The number of nitrogen functional groups attached to an aromatic ring is 1. The van der Waals surface area contributed by atoms with Crippen LogP contribution in [0.5, 0.6) is 0 Å². The number of anilines is 1. The lowest BCUT2D eigenvalue weighted by molar-refractivity contribution is -0.140. The maximum Gasteiger partial charge on any atom is 0.328 e. The molecule has 0 saturated heterocycles. The molecule has 7 heteroatoms. The van der Waals surface area contributed by atoms with Crippen LogP contribution < -0.4 is 11.1 Å². The summed E-state index contributed by atoms with van der Waals surface area (Å²) in [6.07, 6.45) is 0. The van der Waals surface area contributed by atoms with E-state index in [1.807, 2.05) is 0 Å². The molecule has 0 fully saturated rings. The summed E-state index contributed by atoms with van der Waals surface area (Å²) in [4.78, 5) is 22.6. The van der Waals surface area contributed by atoms with Crippen LogP contribution in [0, 0.1) is 0 Å². The number of carbonyl (C=O) groups excluding carboxylic acids is 1. The average Bonchev–Trinajstić information content (AvgIpc) is 2.26.